The molecule has 0 bridgehead atoms. The lowest BCUT2D eigenvalue weighted by Crippen LogP contribution is -2.30. The molecule has 0 atom stereocenters. The Kier molecular flexibility index (Phi) is 6.36. The third kappa shape index (κ3) is 5.41. The Morgan fingerprint density at radius 1 is 0.821 bits per heavy atom. The molecule has 142 valence electrons. The molecule has 3 aromatic rings. The van der Waals surface area contributed by atoms with Crippen molar-refractivity contribution in [3.8, 4) is 0 Å². The van der Waals surface area contributed by atoms with Gasteiger partial charge in [0.25, 0.3) is 5.91 Å². The third-order valence-electron chi connectivity index (χ3n) is 4.05. The van der Waals surface area contributed by atoms with E-state index < -0.39 is 0 Å². The molecule has 0 radical (unpaired) electrons. The molecule has 0 saturated heterocycles. The highest BCUT2D eigenvalue weighted by Gasteiger charge is 2.12. The molecule has 0 aromatic heterocycles. The van der Waals surface area contributed by atoms with Gasteiger partial charge in [-0.25, -0.2) is 4.39 Å². The van der Waals surface area contributed by atoms with E-state index in [1.807, 2.05) is 18.2 Å². The molecule has 0 fully saturated rings. The van der Waals surface area contributed by atoms with Gasteiger partial charge in [0.15, 0.2) is 0 Å². The van der Waals surface area contributed by atoms with Gasteiger partial charge in [-0.05, 0) is 42.0 Å². The molecule has 5 nitrogen and oxygen atoms in total. The molecule has 2 amide bonds. The number of rotatable bonds is 7. The lowest BCUT2D eigenvalue weighted by atomic mass is 10.1. The van der Waals surface area contributed by atoms with E-state index in [-0.39, 0.29) is 24.2 Å². The highest BCUT2D eigenvalue weighted by Crippen LogP contribution is 2.17. The van der Waals surface area contributed by atoms with Gasteiger partial charge in [0.2, 0.25) is 5.91 Å². The summed E-state index contributed by atoms with van der Waals surface area (Å²) >= 11 is 0. The van der Waals surface area contributed by atoms with E-state index in [1.165, 1.54) is 12.1 Å². The van der Waals surface area contributed by atoms with E-state index in [9.17, 15) is 14.0 Å². The third-order valence-corrected chi connectivity index (χ3v) is 4.05. The van der Waals surface area contributed by atoms with Crippen molar-refractivity contribution < 1.29 is 14.0 Å². The van der Waals surface area contributed by atoms with Crippen LogP contribution < -0.4 is 16.0 Å². The van der Waals surface area contributed by atoms with Crippen LogP contribution in [0.2, 0.25) is 0 Å². The zero-order chi connectivity index (χ0) is 19.8. The lowest BCUT2D eigenvalue weighted by Gasteiger charge is -2.12. The number of para-hydroxylation sites is 2. The van der Waals surface area contributed by atoms with Gasteiger partial charge >= 0.3 is 0 Å². The molecule has 0 saturated carbocycles. The molecule has 3 N–H and O–H groups in total. The first-order chi connectivity index (χ1) is 13.6. The van der Waals surface area contributed by atoms with Crippen molar-refractivity contribution in [2.24, 2.45) is 0 Å². The van der Waals surface area contributed by atoms with Crippen LogP contribution in [0.5, 0.6) is 0 Å². The maximum atomic E-state index is 12.9. The van der Waals surface area contributed by atoms with Gasteiger partial charge < -0.3 is 16.0 Å². The van der Waals surface area contributed by atoms with E-state index in [2.05, 4.69) is 16.0 Å². The van der Waals surface area contributed by atoms with Gasteiger partial charge in [0.05, 0.1) is 12.1 Å². The van der Waals surface area contributed by atoms with Crippen molar-refractivity contribution in [1.82, 2.24) is 5.32 Å². The van der Waals surface area contributed by atoms with Crippen LogP contribution in [-0.2, 0) is 11.3 Å². The number of hydrogen-bond acceptors (Lipinski definition) is 3. The van der Waals surface area contributed by atoms with E-state index in [0.717, 1.165) is 5.56 Å². The zero-order valence-electron chi connectivity index (χ0n) is 15.1. The Morgan fingerprint density at radius 3 is 2.25 bits per heavy atom. The Hall–Kier alpha value is -3.67. The normalized spacial score (nSPS) is 10.2. The van der Waals surface area contributed by atoms with E-state index in [0.29, 0.717) is 23.5 Å². The van der Waals surface area contributed by atoms with Crippen molar-refractivity contribution in [3.63, 3.8) is 0 Å². The molecular formula is C22H20FN3O2. The number of anilines is 2. The summed E-state index contributed by atoms with van der Waals surface area (Å²) in [6, 6.07) is 22.1. The fourth-order valence-corrected chi connectivity index (χ4v) is 2.60. The summed E-state index contributed by atoms with van der Waals surface area (Å²) in [7, 11) is 0. The summed E-state index contributed by atoms with van der Waals surface area (Å²) in [5, 5.41) is 8.57. The van der Waals surface area contributed by atoms with Crippen molar-refractivity contribution in [2.45, 2.75) is 6.54 Å². The van der Waals surface area contributed by atoms with Gasteiger partial charge in [-0.2, -0.15) is 0 Å². The number of amides is 2. The first kappa shape index (κ1) is 19.1. The summed E-state index contributed by atoms with van der Waals surface area (Å²) in [5.41, 5.74) is 2.50. The first-order valence-corrected chi connectivity index (χ1v) is 8.82. The molecule has 28 heavy (non-hydrogen) atoms. The van der Waals surface area contributed by atoms with Gasteiger partial charge in [0, 0.05) is 17.9 Å². The fraction of sp³-hybridized carbons (Fsp3) is 0.0909. The van der Waals surface area contributed by atoms with Crippen LogP contribution in [0.4, 0.5) is 15.8 Å². The standard InChI is InChI=1S/C22H20FN3O2/c23-17-12-10-16(11-13-17)14-25-21(27)15-24-20-9-5-4-8-19(20)22(28)26-18-6-2-1-3-7-18/h1-13,24H,14-15H2,(H,25,27)(H,26,28). The van der Waals surface area contributed by atoms with Crippen LogP contribution in [0.1, 0.15) is 15.9 Å². The van der Waals surface area contributed by atoms with Crippen LogP contribution >= 0.6 is 0 Å². The molecule has 0 unspecified atom stereocenters. The number of nitrogens with one attached hydrogen (secondary N) is 3. The molecule has 6 heteroatoms. The molecule has 0 aliphatic rings. The SMILES string of the molecule is O=C(CNc1ccccc1C(=O)Nc1ccccc1)NCc1ccc(F)cc1. The Balaban J connectivity index is 1.56. The maximum Gasteiger partial charge on any atom is 0.257 e. The summed E-state index contributed by atoms with van der Waals surface area (Å²) in [6.45, 7) is 0.313. The highest BCUT2D eigenvalue weighted by molar-refractivity contribution is 6.08. The van der Waals surface area contributed by atoms with Crippen molar-refractivity contribution in [3.05, 3.63) is 95.8 Å². The average Bonchev–Trinajstić information content (AvgIpc) is 2.73. The summed E-state index contributed by atoms with van der Waals surface area (Å²) in [5.74, 6) is -0.814. The molecule has 0 heterocycles. The zero-order valence-corrected chi connectivity index (χ0v) is 15.1. The largest absolute Gasteiger partial charge is 0.376 e. The van der Waals surface area contributed by atoms with Crippen LogP contribution in [0.3, 0.4) is 0 Å². The summed E-state index contributed by atoms with van der Waals surface area (Å²) in [4.78, 5) is 24.6. The minimum atomic E-state index is -0.317. The number of carbonyl (C=O) groups excluding carboxylic acids is 2. The molecule has 0 aliphatic carbocycles. The van der Waals surface area contributed by atoms with Gasteiger partial charge in [-0.3, -0.25) is 9.59 Å². The second-order valence-electron chi connectivity index (χ2n) is 6.12. The molecule has 3 rings (SSSR count). The number of hydrogen-bond donors (Lipinski definition) is 3. The predicted molar refractivity (Wildman–Crippen MR) is 108 cm³/mol. The van der Waals surface area contributed by atoms with Gasteiger partial charge in [0.1, 0.15) is 5.82 Å². The second-order valence-corrected chi connectivity index (χ2v) is 6.12. The maximum absolute atomic E-state index is 12.9. The number of carbonyl (C=O) groups is 2. The van der Waals surface area contributed by atoms with E-state index in [1.54, 1.807) is 48.5 Å². The molecular weight excluding hydrogens is 357 g/mol. The monoisotopic (exact) mass is 377 g/mol. The smallest absolute Gasteiger partial charge is 0.257 e. The minimum Gasteiger partial charge on any atom is -0.376 e. The second kappa shape index (κ2) is 9.32. The van der Waals surface area contributed by atoms with Crippen LogP contribution in [0.25, 0.3) is 0 Å². The number of halogens is 1. The van der Waals surface area contributed by atoms with Gasteiger partial charge in [-0.15, -0.1) is 0 Å². The summed E-state index contributed by atoms with van der Waals surface area (Å²) in [6.07, 6.45) is 0. The van der Waals surface area contributed by atoms with Crippen molar-refractivity contribution in [2.75, 3.05) is 17.2 Å². The van der Waals surface area contributed by atoms with Crippen LogP contribution in [0, 0.1) is 5.82 Å². The predicted octanol–water partition coefficient (Wildman–Crippen LogP) is 3.81. The topological polar surface area (TPSA) is 70.2 Å². The average molecular weight is 377 g/mol. The van der Waals surface area contributed by atoms with Crippen LogP contribution in [0.15, 0.2) is 78.9 Å². The van der Waals surface area contributed by atoms with E-state index in [4.69, 9.17) is 0 Å². The molecule has 3 aromatic carbocycles. The Morgan fingerprint density at radius 2 is 1.50 bits per heavy atom. The Bertz CT molecular complexity index is 944. The molecule has 0 spiro atoms. The quantitative estimate of drug-likeness (QED) is 0.586. The minimum absolute atomic E-state index is 0.0107. The Labute approximate surface area is 162 Å². The lowest BCUT2D eigenvalue weighted by molar-refractivity contribution is -0.119. The first-order valence-electron chi connectivity index (χ1n) is 8.82. The van der Waals surface area contributed by atoms with Gasteiger partial charge in [-0.1, -0.05) is 42.5 Å². The van der Waals surface area contributed by atoms with Crippen LogP contribution in [-0.4, -0.2) is 18.4 Å². The van der Waals surface area contributed by atoms with Crippen molar-refractivity contribution in [1.29, 1.82) is 0 Å². The van der Waals surface area contributed by atoms with E-state index >= 15 is 0 Å². The molecule has 0 aliphatic heterocycles. The fourth-order valence-electron chi connectivity index (χ4n) is 2.60. The summed E-state index contributed by atoms with van der Waals surface area (Å²) < 4.78 is 12.9. The number of benzene rings is 3. The van der Waals surface area contributed by atoms with Crippen molar-refractivity contribution >= 4 is 23.2 Å². The highest BCUT2D eigenvalue weighted by atomic mass is 19.1.